The maximum absolute atomic E-state index is 13.4. The van der Waals surface area contributed by atoms with Crippen molar-refractivity contribution in [3.05, 3.63) is 0 Å². The van der Waals surface area contributed by atoms with Gasteiger partial charge in [0.25, 0.3) is 5.79 Å². The smallest absolute Gasteiger partial charge is 0.364 e. The highest BCUT2D eigenvalue weighted by molar-refractivity contribution is 5.77. The molecule has 0 aromatic carbocycles. The number of amides is 5. The van der Waals surface area contributed by atoms with Crippen molar-refractivity contribution in [2.75, 3.05) is 66.1 Å². The molecule has 0 aromatic heterocycles. The molecule has 0 unspecified atom stereocenters. The van der Waals surface area contributed by atoms with Gasteiger partial charge in [-0.2, -0.15) is 0 Å². The van der Waals surface area contributed by atoms with Crippen LogP contribution < -0.4 is 26.6 Å². The van der Waals surface area contributed by atoms with Gasteiger partial charge in [-0.15, -0.1) is 0 Å². The van der Waals surface area contributed by atoms with Gasteiger partial charge in [0.15, 0.2) is 62.9 Å². The van der Waals surface area contributed by atoms with Gasteiger partial charge in [0.05, 0.1) is 84.3 Å². The number of carboxylic acid groups (broad SMARTS) is 1. The van der Waals surface area contributed by atoms with Crippen LogP contribution in [0.4, 0.5) is 0 Å². The zero-order chi connectivity index (χ0) is 105. The monoisotopic (exact) mass is 2080 g/mol. The summed E-state index contributed by atoms with van der Waals surface area (Å²) in [4.78, 5) is 77.5. The van der Waals surface area contributed by atoms with E-state index in [-0.39, 0.29) is 0 Å². The molecule has 5 amide bonds. The van der Waals surface area contributed by atoms with E-state index in [0.717, 1.165) is 34.6 Å². The van der Waals surface area contributed by atoms with E-state index in [0.29, 0.717) is 0 Å². The van der Waals surface area contributed by atoms with Gasteiger partial charge in [-0.3, -0.25) is 24.0 Å². The second-order valence-electron chi connectivity index (χ2n) is 36.0. The number of carboxylic acids is 1. The molecule has 63 nitrogen and oxygen atoms in total. The number of ether oxygens (including phenoxy) is 21. The highest BCUT2D eigenvalue weighted by Gasteiger charge is 2.64. The number of hydrogen-bond acceptors (Lipinski definition) is 57. The molecule has 56 atom stereocenters. The summed E-state index contributed by atoms with van der Waals surface area (Å²) in [5.74, 6) is -10.0. The van der Waals surface area contributed by atoms with Crippen molar-refractivity contribution in [2.45, 2.75) is 391 Å². The largest absolute Gasteiger partial charge is 0.477 e. The molecule has 11 aliphatic rings. The average molecular weight is 2080 g/mol. The van der Waals surface area contributed by atoms with Crippen molar-refractivity contribution >= 4 is 35.5 Å². The molecule has 0 aromatic rings. The summed E-state index contributed by atoms with van der Waals surface area (Å²) in [6.45, 7) is -5.99. The molecule has 11 saturated heterocycles. The standard InChI is InChI=1S/C79H131N5O58/c1-18-40(99)51(110)56(115)72(125-18)122-16-34-63(47(106)36(68(119)126-34)81-20(3)93)135-69-37(82-21(4)94)48(107)62(31(14-91)130-69)138-75-59(118)65(46(105)32(133-75)15-123-76-66(54(113)43(102)27(10-87)128-76)140-70-38(83-22(5)95)49(108)60(29(12-89)131-70)136-73-57(116)52(111)42(101)26(9-86)127-73)139-77-67(55(114)44(103)28(11-88)129-77)141-71-39(84-23(6)96)50(109)61(30(13-90)132-71)137-74-58(117)53(112)45(104)33(134-74)17-124-79(78(120)121)7-24(97)35(80-19(2)92)64(142-79)41(100)25(98)8-85/h18,24-77,85-91,97-119H,7-17H2,1-6H3,(H,80,92)(H,81,93)(H,82,94)(H,83,95)(H,84,96)(H,120,121)/t18-,24-,25+,26+,27+,28+,29+,30+,31+,32+,33+,34+,35+,36+,37+,38+,39+,40+,41+,42-,43+,44+,45-,46+,47+,48+,49+,50+,51+,52-,53-,54-,55-,56-,57+,58+,59-,60+,61+,62+,63+,64+,65-,66-,67-,68+,69-,70-,71-,72+,73-,74-,75-,76-,77+,79+/m0/s1. The number of rotatable bonds is 38. The minimum Gasteiger partial charge on any atom is -0.477 e. The van der Waals surface area contributed by atoms with Crippen LogP contribution in [-0.4, -0.2) is 603 Å². The summed E-state index contributed by atoms with van der Waals surface area (Å²) in [6.07, 6.45) is -110. The van der Waals surface area contributed by atoms with E-state index in [1.54, 1.807) is 0 Å². The van der Waals surface area contributed by atoms with E-state index < -0.39 is 451 Å². The van der Waals surface area contributed by atoms with Crippen molar-refractivity contribution in [1.82, 2.24) is 26.6 Å². The summed E-state index contributed by atoms with van der Waals surface area (Å²) in [5.41, 5.74) is 0. The summed E-state index contributed by atoms with van der Waals surface area (Å²) < 4.78 is 125. The summed E-state index contributed by atoms with van der Waals surface area (Å²) in [6, 6.07) is -9.70. The fraction of sp³-hybridized carbons (Fsp3) is 0.924. The summed E-state index contributed by atoms with van der Waals surface area (Å²) in [5, 5.41) is 360. The van der Waals surface area contributed by atoms with Crippen LogP contribution in [0.15, 0.2) is 0 Å². The van der Waals surface area contributed by atoms with Crippen LogP contribution in [-0.2, 0) is 128 Å². The molecule has 820 valence electrons. The molecular formula is C79H131N5O58. The number of carbonyl (C=O) groups excluding carboxylic acids is 5. The first kappa shape index (κ1) is 117. The Morgan fingerprint density at radius 1 is 0.303 bits per heavy atom. The third-order valence-electron chi connectivity index (χ3n) is 25.9. The second-order valence-corrected chi connectivity index (χ2v) is 36.0. The van der Waals surface area contributed by atoms with Crippen molar-refractivity contribution in [2.24, 2.45) is 0 Å². The molecular weight excluding hydrogens is 1950 g/mol. The summed E-state index contributed by atoms with van der Waals surface area (Å²) in [7, 11) is 0. The second kappa shape index (κ2) is 50.6. The van der Waals surface area contributed by atoms with Gasteiger partial charge < -0.3 is 284 Å². The molecule has 63 heteroatoms. The first-order valence-corrected chi connectivity index (χ1v) is 45.1. The Bertz CT molecular complexity index is 4010. The maximum atomic E-state index is 13.4. The van der Waals surface area contributed by atoms with Gasteiger partial charge in [-0.25, -0.2) is 4.79 Å². The molecule has 11 heterocycles. The minimum absolute atomic E-state index is 0.848. The molecule has 0 spiro atoms. The van der Waals surface area contributed by atoms with Crippen LogP contribution in [0.3, 0.4) is 0 Å². The molecule has 11 aliphatic heterocycles. The Morgan fingerprint density at radius 3 is 1.05 bits per heavy atom. The summed E-state index contributed by atoms with van der Waals surface area (Å²) >= 11 is 0. The van der Waals surface area contributed by atoms with E-state index in [1.807, 2.05) is 0 Å². The maximum Gasteiger partial charge on any atom is 0.364 e. The Hall–Kier alpha value is -5.22. The molecule has 0 radical (unpaired) electrons. The lowest BCUT2D eigenvalue weighted by Crippen LogP contribution is -2.71. The number of aliphatic carboxylic acids is 1. The Morgan fingerprint density at radius 2 is 0.620 bits per heavy atom. The van der Waals surface area contributed by atoms with Crippen LogP contribution in [0.25, 0.3) is 0 Å². The van der Waals surface area contributed by atoms with Crippen LogP contribution in [0.2, 0.25) is 0 Å². The predicted octanol–water partition coefficient (Wildman–Crippen LogP) is -24.0. The van der Waals surface area contributed by atoms with E-state index in [9.17, 15) is 187 Å². The molecule has 0 saturated carbocycles. The SMILES string of the molecule is CC(=O)N[C@@H]1[C@@H](O)[C@H](O[C@@H]2O[C@H](CO)[C@@H](O[C@@H]3O[C@H](CO[C@H]4O[C@H](CO)[C@@H](O)[C@H](O)[C@@H]4O[C@@H]4O[C@H](CO)[C@@H](O[C@@H]5O[C@H](CO)[C@H](O)[C@H](O)[C@H]5O)[C@H](O)[C@H]4NC(C)=O)[C@@H](O)[C@H](O[C@H]4O[C@H](CO)[C@@H](O)[C@H](O)[C@@H]4O[C@@H]4O[C@H](CO)[C@@H](O[C@@H]5O[C@H](CO[C@]6(C(=O)O)C[C@H](O)[C@@H](NC(C)=O)[C@H]([C@H](O)[C@H](O)CO)O6)[C@H](O)[C@H](O)[C@H]5O)[C@H](O)[C@H]4NC(C)=O)[C@@H]3O)[C@H](O)[C@H]2NC(C)=O)[C@@H](CO[C@@H]2O[C@@H](C)[C@@H](O)[C@@H](O)[C@@H]2O)O[C@H]1O. The van der Waals surface area contributed by atoms with Gasteiger partial charge in [0.1, 0.15) is 256 Å². The van der Waals surface area contributed by atoms with Crippen molar-refractivity contribution in [3.63, 3.8) is 0 Å². The van der Waals surface area contributed by atoms with Gasteiger partial charge in [0, 0.05) is 41.0 Å². The average Bonchev–Trinajstić information content (AvgIpc) is 0.764. The lowest BCUT2D eigenvalue weighted by atomic mass is 9.88. The van der Waals surface area contributed by atoms with E-state index in [1.165, 1.54) is 6.92 Å². The third kappa shape index (κ3) is 26.0. The molecule has 0 aliphatic carbocycles. The van der Waals surface area contributed by atoms with Crippen molar-refractivity contribution in [3.8, 4) is 0 Å². The number of hydrogen-bond donors (Lipinski definition) is 36. The van der Waals surface area contributed by atoms with E-state index in [2.05, 4.69) is 26.6 Å². The minimum atomic E-state index is -3.12. The first-order chi connectivity index (χ1) is 66.9. The van der Waals surface area contributed by atoms with Gasteiger partial charge in [-0.05, 0) is 6.92 Å². The lowest BCUT2D eigenvalue weighted by molar-refractivity contribution is -0.399. The van der Waals surface area contributed by atoms with Gasteiger partial charge in [0.2, 0.25) is 29.5 Å². The number of aliphatic hydroxyl groups is 30. The molecule has 36 N–H and O–H groups in total. The molecule has 0 bridgehead atoms. The zero-order valence-corrected chi connectivity index (χ0v) is 76.4. The number of aliphatic hydroxyl groups excluding tert-OH is 30. The van der Waals surface area contributed by atoms with Crippen LogP contribution in [0.1, 0.15) is 48.0 Å². The third-order valence-corrected chi connectivity index (χ3v) is 25.9. The van der Waals surface area contributed by atoms with Crippen LogP contribution in [0.5, 0.6) is 0 Å². The fourth-order valence-corrected chi connectivity index (χ4v) is 18.3. The van der Waals surface area contributed by atoms with Crippen molar-refractivity contribution < 1.29 is 287 Å². The molecule has 11 fully saturated rings. The lowest BCUT2D eigenvalue weighted by Gasteiger charge is -2.51. The quantitative estimate of drug-likeness (QED) is 0.0273. The van der Waals surface area contributed by atoms with E-state index in [4.69, 9.17) is 99.5 Å². The fourth-order valence-electron chi connectivity index (χ4n) is 18.3. The normalized spacial score (nSPS) is 48.0. The predicted molar refractivity (Wildman–Crippen MR) is 436 cm³/mol. The van der Waals surface area contributed by atoms with Gasteiger partial charge in [-0.1, -0.05) is 0 Å². The topological polar surface area (TPSA) is 984 Å². The Labute approximate surface area is 803 Å². The number of carbonyl (C=O) groups is 6. The molecule has 142 heavy (non-hydrogen) atoms. The Balaban J connectivity index is 0.908. The first-order valence-electron chi connectivity index (χ1n) is 45.1. The van der Waals surface area contributed by atoms with Gasteiger partial charge >= 0.3 is 5.97 Å². The van der Waals surface area contributed by atoms with Crippen LogP contribution >= 0.6 is 0 Å². The molecule has 11 rings (SSSR count). The zero-order valence-electron chi connectivity index (χ0n) is 76.4. The Kier molecular flexibility index (Phi) is 41.7. The van der Waals surface area contributed by atoms with Crippen LogP contribution in [0, 0.1) is 0 Å². The van der Waals surface area contributed by atoms with Crippen molar-refractivity contribution in [1.29, 1.82) is 0 Å². The van der Waals surface area contributed by atoms with E-state index >= 15 is 0 Å². The number of nitrogens with one attached hydrogen (secondary N) is 5. The highest BCUT2D eigenvalue weighted by Crippen LogP contribution is 2.43. The highest BCUT2D eigenvalue weighted by atomic mass is 16.8.